The lowest BCUT2D eigenvalue weighted by atomic mass is 10.2. The summed E-state index contributed by atoms with van der Waals surface area (Å²) < 4.78 is 12.5. The van der Waals surface area contributed by atoms with Gasteiger partial charge in [0, 0.05) is 0 Å². The zero-order valence-corrected chi connectivity index (χ0v) is 7.59. The molecule has 0 heterocycles. The highest BCUT2D eigenvalue weighted by atomic mass is 35.5. The summed E-state index contributed by atoms with van der Waals surface area (Å²) in [6.45, 7) is 0. The molecule has 0 amide bonds. The van der Waals surface area contributed by atoms with Gasteiger partial charge in [0.15, 0.2) is 0 Å². The number of alkyl halides is 2. The lowest BCUT2D eigenvalue weighted by Crippen LogP contribution is -1.83. The summed E-state index contributed by atoms with van der Waals surface area (Å²) in [7, 11) is 0. The molecule has 0 N–H and O–H groups in total. The first kappa shape index (κ1) is 9.11. The summed E-state index contributed by atoms with van der Waals surface area (Å²) in [5.74, 6) is -0.468. The van der Waals surface area contributed by atoms with Crippen molar-refractivity contribution in [1.82, 2.24) is 0 Å². The van der Waals surface area contributed by atoms with Crippen molar-refractivity contribution < 1.29 is 4.39 Å². The molecule has 0 atom stereocenters. The third-order valence-corrected chi connectivity index (χ3v) is 1.99. The van der Waals surface area contributed by atoms with Gasteiger partial charge in [-0.1, -0.05) is 17.7 Å². The number of hydrogen-bond acceptors (Lipinski definition) is 0. The van der Waals surface area contributed by atoms with Crippen LogP contribution in [-0.4, -0.2) is 0 Å². The van der Waals surface area contributed by atoms with Crippen molar-refractivity contribution in [3.8, 4) is 0 Å². The van der Waals surface area contributed by atoms with Crippen LogP contribution in [0.1, 0.15) is 10.4 Å². The van der Waals surface area contributed by atoms with Crippen LogP contribution < -0.4 is 0 Å². The van der Waals surface area contributed by atoms with Gasteiger partial charge in [-0.3, -0.25) is 0 Å². The molecular weight excluding hydrogens is 209 g/mol. The fraction of sp³-hybridized carbons (Fsp3) is 0.143. The molecule has 1 aromatic carbocycles. The maximum absolute atomic E-state index is 12.5. The summed E-state index contributed by atoms with van der Waals surface area (Å²) in [6, 6.07) is 4.13. The highest BCUT2D eigenvalue weighted by Gasteiger charge is 2.05. The maximum Gasteiger partial charge on any atom is 0.141 e. The SMILES string of the molecule is Fc1ccc(C(Cl)Cl)cc1Cl. The van der Waals surface area contributed by atoms with Crippen LogP contribution in [0.25, 0.3) is 0 Å². The molecule has 0 saturated carbocycles. The van der Waals surface area contributed by atoms with Crippen LogP contribution >= 0.6 is 34.8 Å². The Hall–Kier alpha value is 0.0200. The highest BCUT2D eigenvalue weighted by molar-refractivity contribution is 6.44. The minimum absolute atomic E-state index is 0.0359. The van der Waals surface area contributed by atoms with Crippen molar-refractivity contribution in [2.24, 2.45) is 0 Å². The molecule has 0 aliphatic carbocycles. The predicted octanol–water partition coefficient (Wildman–Crippen LogP) is 3.96. The van der Waals surface area contributed by atoms with Crippen molar-refractivity contribution in [2.45, 2.75) is 4.84 Å². The molecule has 0 spiro atoms. The van der Waals surface area contributed by atoms with Crippen LogP contribution in [-0.2, 0) is 0 Å². The Kier molecular flexibility index (Phi) is 2.99. The van der Waals surface area contributed by atoms with Crippen LogP contribution in [0.3, 0.4) is 0 Å². The minimum Gasteiger partial charge on any atom is -0.205 e. The quantitative estimate of drug-likeness (QED) is 0.620. The fourth-order valence-electron chi connectivity index (χ4n) is 0.648. The van der Waals surface area contributed by atoms with E-state index in [0.717, 1.165) is 0 Å². The summed E-state index contributed by atoms with van der Waals surface area (Å²) in [6.07, 6.45) is 0. The van der Waals surface area contributed by atoms with Crippen molar-refractivity contribution in [1.29, 1.82) is 0 Å². The van der Waals surface area contributed by atoms with E-state index in [-0.39, 0.29) is 5.02 Å². The molecule has 60 valence electrons. The monoisotopic (exact) mass is 212 g/mol. The van der Waals surface area contributed by atoms with E-state index in [2.05, 4.69) is 0 Å². The third kappa shape index (κ3) is 2.22. The zero-order valence-electron chi connectivity index (χ0n) is 5.32. The first-order valence-corrected chi connectivity index (χ1v) is 4.09. The summed E-state index contributed by atoms with van der Waals surface area (Å²) >= 11 is 16.5. The minimum atomic E-state index is -0.659. The van der Waals surface area contributed by atoms with E-state index in [9.17, 15) is 4.39 Å². The molecule has 0 unspecified atom stereocenters. The van der Waals surface area contributed by atoms with Crippen LogP contribution in [0, 0.1) is 5.82 Å². The lowest BCUT2D eigenvalue weighted by molar-refractivity contribution is 0.627. The molecule has 0 fully saturated rings. The molecule has 0 radical (unpaired) electrons. The molecular formula is C7H4Cl3F. The summed E-state index contributed by atoms with van der Waals surface area (Å²) in [5, 5.41) is 0.0359. The Labute approximate surface area is 78.9 Å². The van der Waals surface area contributed by atoms with Gasteiger partial charge >= 0.3 is 0 Å². The Bertz CT molecular complexity index is 260. The summed E-state index contributed by atoms with van der Waals surface area (Å²) in [4.78, 5) is -0.659. The van der Waals surface area contributed by atoms with Crippen LogP contribution in [0.15, 0.2) is 18.2 Å². The first-order chi connectivity index (χ1) is 5.11. The van der Waals surface area contributed by atoms with Gasteiger partial charge in [0.05, 0.1) is 5.02 Å². The number of rotatable bonds is 1. The Morgan fingerprint density at radius 1 is 1.27 bits per heavy atom. The number of hydrogen-bond donors (Lipinski definition) is 0. The first-order valence-electron chi connectivity index (χ1n) is 2.84. The molecule has 0 aliphatic rings. The normalized spacial score (nSPS) is 10.6. The van der Waals surface area contributed by atoms with Gasteiger partial charge in [-0.2, -0.15) is 0 Å². The molecule has 1 rings (SSSR count). The van der Waals surface area contributed by atoms with E-state index in [1.165, 1.54) is 18.2 Å². The third-order valence-electron chi connectivity index (χ3n) is 1.20. The standard InChI is InChI=1S/C7H4Cl3F/c8-5-3-4(7(9)10)1-2-6(5)11/h1-3,7H. The van der Waals surface area contributed by atoms with E-state index in [4.69, 9.17) is 34.8 Å². The maximum atomic E-state index is 12.5. The van der Waals surface area contributed by atoms with Gasteiger partial charge in [0.1, 0.15) is 10.7 Å². The molecule has 11 heavy (non-hydrogen) atoms. The topological polar surface area (TPSA) is 0 Å². The number of halogens is 4. The predicted molar refractivity (Wildman–Crippen MR) is 45.9 cm³/mol. The molecule has 0 aromatic heterocycles. The van der Waals surface area contributed by atoms with E-state index < -0.39 is 10.7 Å². The van der Waals surface area contributed by atoms with Crippen molar-refractivity contribution in [3.05, 3.63) is 34.6 Å². The summed E-state index contributed by atoms with van der Waals surface area (Å²) in [5.41, 5.74) is 0.597. The molecule has 0 aliphatic heterocycles. The van der Waals surface area contributed by atoms with Gasteiger partial charge < -0.3 is 0 Å². The average Bonchev–Trinajstić information content (AvgIpc) is 1.94. The van der Waals surface area contributed by atoms with Crippen molar-refractivity contribution in [3.63, 3.8) is 0 Å². The second-order valence-corrected chi connectivity index (χ2v) is 3.48. The Balaban J connectivity index is 3.05. The van der Waals surface area contributed by atoms with Crippen LogP contribution in [0.4, 0.5) is 4.39 Å². The van der Waals surface area contributed by atoms with Crippen LogP contribution in [0.5, 0.6) is 0 Å². The van der Waals surface area contributed by atoms with Gasteiger partial charge in [0.2, 0.25) is 0 Å². The smallest absolute Gasteiger partial charge is 0.141 e. The highest BCUT2D eigenvalue weighted by Crippen LogP contribution is 2.27. The van der Waals surface area contributed by atoms with E-state index in [0.29, 0.717) is 5.56 Å². The van der Waals surface area contributed by atoms with E-state index >= 15 is 0 Å². The molecule has 1 aromatic rings. The zero-order chi connectivity index (χ0) is 8.43. The number of benzene rings is 1. The van der Waals surface area contributed by atoms with E-state index in [1.54, 1.807) is 0 Å². The van der Waals surface area contributed by atoms with E-state index in [1.807, 2.05) is 0 Å². The second kappa shape index (κ2) is 3.61. The molecule has 0 bridgehead atoms. The van der Waals surface area contributed by atoms with Crippen molar-refractivity contribution in [2.75, 3.05) is 0 Å². The van der Waals surface area contributed by atoms with Gasteiger partial charge in [0.25, 0.3) is 0 Å². The fourth-order valence-corrected chi connectivity index (χ4v) is 1.11. The van der Waals surface area contributed by atoms with Gasteiger partial charge in [-0.15, -0.1) is 23.2 Å². The lowest BCUT2D eigenvalue weighted by Gasteiger charge is -2.01. The largest absolute Gasteiger partial charge is 0.205 e. The average molecular weight is 213 g/mol. The van der Waals surface area contributed by atoms with Gasteiger partial charge in [-0.25, -0.2) is 4.39 Å². The van der Waals surface area contributed by atoms with Gasteiger partial charge in [-0.05, 0) is 17.7 Å². The molecule has 0 nitrogen and oxygen atoms in total. The Morgan fingerprint density at radius 2 is 1.91 bits per heavy atom. The van der Waals surface area contributed by atoms with Crippen molar-refractivity contribution >= 4 is 34.8 Å². The molecule has 4 heteroatoms. The Morgan fingerprint density at radius 3 is 2.36 bits per heavy atom. The second-order valence-electron chi connectivity index (χ2n) is 1.97. The molecule has 0 saturated heterocycles. The van der Waals surface area contributed by atoms with Crippen LogP contribution in [0.2, 0.25) is 5.02 Å².